The Morgan fingerprint density at radius 3 is 2.62 bits per heavy atom. The van der Waals surface area contributed by atoms with Crippen molar-refractivity contribution in [2.75, 3.05) is 5.73 Å². The van der Waals surface area contributed by atoms with E-state index in [1.165, 1.54) is 6.20 Å². The Morgan fingerprint density at radius 2 is 2.12 bits per heavy atom. The van der Waals surface area contributed by atoms with E-state index >= 15 is 0 Å². The zero-order valence-corrected chi connectivity index (χ0v) is 10.0. The fourth-order valence-electron chi connectivity index (χ4n) is 1.60. The lowest BCUT2D eigenvalue weighted by Gasteiger charge is -2.15. The molecule has 0 aromatic carbocycles. The predicted molar refractivity (Wildman–Crippen MR) is 65.0 cm³/mol. The molecule has 0 aliphatic heterocycles. The van der Waals surface area contributed by atoms with Gasteiger partial charge in [-0.2, -0.15) is 0 Å². The molecule has 1 heterocycles. The highest BCUT2D eigenvalue weighted by atomic mass is 16.1. The van der Waals surface area contributed by atoms with Crippen LogP contribution in [0.4, 0.5) is 5.69 Å². The lowest BCUT2D eigenvalue weighted by atomic mass is 10.1. The van der Waals surface area contributed by atoms with Gasteiger partial charge < -0.3 is 11.1 Å². The Morgan fingerprint density at radius 1 is 1.44 bits per heavy atom. The van der Waals surface area contributed by atoms with E-state index in [0.29, 0.717) is 17.3 Å². The van der Waals surface area contributed by atoms with Crippen LogP contribution in [0, 0.1) is 5.92 Å². The number of pyridine rings is 1. The summed E-state index contributed by atoms with van der Waals surface area (Å²) in [6.45, 7) is 6.25. The second kappa shape index (κ2) is 5.49. The zero-order valence-electron chi connectivity index (χ0n) is 10.0. The maximum Gasteiger partial charge on any atom is 0.270 e. The van der Waals surface area contributed by atoms with Gasteiger partial charge in [0, 0.05) is 6.04 Å². The highest BCUT2D eigenvalue weighted by molar-refractivity contribution is 5.92. The van der Waals surface area contributed by atoms with E-state index in [2.05, 4.69) is 24.1 Å². The second-order valence-electron chi connectivity index (χ2n) is 4.48. The molecule has 0 radical (unpaired) electrons. The van der Waals surface area contributed by atoms with E-state index < -0.39 is 0 Å². The van der Waals surface area contributed by atoms with Gasteiger partial charge in [0.2, 0.25) is 0 Å². The summed E-state index contributed by atoms with van der Waals surface area (Å²) in [6, 6.07) is 3.47. The third-order valence-corrected chi connectivity index (χ3v) is 2.22. The molecule has 0 aliphatic rings. The quantitative estimate of drug-likeness (QED) is 0.815. The van der Waals surface area contributed by atoms with Crippen molar-refractivity contribution >= 4 is 11.6 Å². The van der Waals surface area contributed by atoms with Gasteiger partial charge in [-0.3, -0.25) is 4.79 Å². The number of nitrogens with two attached hydrogens (primary N) is 1. The lowest BCUT2D eigenvalue weighted by Crippen LogP contribution is -2.33. The molecule has 88 valence electrons. The number of carbonyl (C=O) groups is 1. The number of hydrogen-bond acceptors (Lipinski definition) is 3. The maximum atomic E-state index is 11.7. The number of carbonyl (C=O) groups excluding carboxylic acids is 1. The lowest BCUT2D eigenvalue weighted by molar-refractivity contribution is 0.0931. The summed E-state index contributed by atoms with van der Waals surface area (Å²) in [5, 5.41) is 2.90. The molecule has 0 saturated heterocycles. The van der Waals surface area contributed by atoms with Gasteiger partial charge in [-0.1, -0.05) is 13.8 Å². The van der Waals surface area contributed by atoms with Crippen LogP contribution in [0.1, 0.15) is 37.7 Å². The van der Waals surface area contributed by atoms with E-state index in [-0.39, 0.29) is 11.9 Å². The van der Waals surface area contributed by atoms with Gasteiger partial charge in [0.1, 0.15) is 5.69 Å². The monoisotopic (exact) mass is 221 g/mol. The van der Waals surface area contributed by atoms with Gasteiger partial charge in [0.05, 0.1) is 11.9 Å². The minimum absolute atomic E-state index is 0.145. The predicted octanol–water partition coefficient (Wildman–Crippen LogP) is 1.83. The number of amides is 1. The van der Waals surface area contributed by atoms with Crippen LogP contribution in [0.5, 0.6) is 0 Å². The molecular formula is C12H19N3O. The van der Waals surface area contributed by atoms with E-state index in [4.69, 9.17) is 5.73 Å². The fourth-order valence-corrected chi connectivity index (χ4v) is 1.60. The molecule has 1 amide bonds. The summed E-state index contributed by atoms with van der Waals surface area (Å²) < 4.78 is 0. The van der Waals surface area contributed by atoms with Crippen molar-refractivity contribution < 1.29 is 4.79 Å². The van der Waals surface area contributed by atoms with Gasteiger partial charge in [-0.05, 0) is 31.4 Å². The summed E-state index contributed by atoms with van der Waals surface area (Å²) in [5.74, 6) is 0.419. The second-order valence-corrected chi connectivity index (χ2v) is 4.48. The Bertz CT molecular complexity index is 346. The van der Waals surface area contributed by atoms with Crippen LogP contribution >= 0.6 is 0 Å². The first-order valence-corrected chi connectivity index (χ1v) is 5.51. The van der Waals surface area contributed by atoms with Crippen molar-refractivity contribution in [1.29, 1.82) is 0 Å². The number of nitrogens with one attached hydrogen (secondary N) is 1. The summed E-state index contributed by atoms with van der Waals surface area (Å²) >= 11 is 0. The summed E-state index contributed by atoms with van der Waals surface area (Å²) in [4.78, 5) is 15.7. The minimum Gasteiger partial charge on any atom is -0.397 e. The molecule has 0 spiro atoms. The molecule has 0 fully saturated rings. The molecule has 1 atom stereocenters. The molecule has 1 rings (SSSR count). The van der Waals surface area contributed by atoms with Crippen LogP contribution in [-0.4, -0.2) is 16.9 Å². The topological polar surface area (TPSA) is 68.0 Å². The highest BCUT2D eigenvalue weighted by Crippen LogP contribution is 2.05. The van der Waals surface area contributed by atoms with Crippen molar-refractivity contribution in [3.63, 3.8) is 0 Å². The van der Waals surface area contributed by atoms with Crippen molar-refractivity contribution in [2.45, 2.75) is 33.2 Å². The van der Waals surface area contributed by atoms with Gasteiger partial charge in [0.15, 0.2) is 0 Å². The van der Waals surface area contributed by atoms with Gasteiger partial charge in [-0.15, -0.1) is 0 Å². The Balaban J connectivity index is 2.55. The SMILES string of the molecule is CC(C)CC(C)NC(=O)c1ccc(N)cn1. The Kier molecular flexibility index (Phi) is 4.28. The largest absolute Gasteiger partial charge is 0.397 e. The van der Waals surface area contributed by atoms with Gasteiger partial charge >= 0.3 is 0 Å². The Hall–Kier alpha value is -1.58. The maximum absolute atomic E-state index is 11.7. The number of rotatable bonds is 4. The summed E-state index contributed by atoms with van der Waals surface area (Å²) in [7, 11) is 0. The van der Waals surface area contributed by atoms with Crippen LogP contribution in [-0.2, 0) is 0 Å². The van der Waals surface area contributed by atoms with E-state index in [1.54, 1.807) is 12.1 Å². The van der Waals surface area contributed by atoms with Crippen LogP contribution in [0.2, 0.25) is 0 Å². The molecule has 4 nitrogen and oxygen atoms in total. The molecule has 1 aromatic rings. The number of nitrogens with zero attached hydrogens (tertiary/aromatic N) is 1. The molecule has 3 N–H and O–H groups in total. The van der Waals surface area contributed by atoms with E-state index in [1.807, 2.05) is 6.92 Å². The number of anilines is 1. The average Bonchev–Trinajstić information content (AvgIpc) is 2.16. The number of aromatic nitrogens is 1. The average molecular weight is 221 g/mol. The first-order valence-electron chi connectivity index (χ1n) is 5.51. The third kappa shape index (κ3) is 3.88. The standard InChI is InChI=1S/C12H19N3O/c1-8(2)6-9(3)15-12(16)11-5-4-10(13)7-14-11/h4-5,7-9H,6,13H2,1-3H3,(H,15,16). The molecule has 0 bridgehead atoms. The minimum atomic E-state index is -0.145. The fraction of sp³-hybridized carbons (Fsp3) is 0.500. The van der Waals surface area contributed by atoms with Crippen LogP contribution in [0.25, 0.3) is 0 Å². The molecule has 1 unspecified atom stereocenters. The zero-order chi connectivity index (χ0) is 12.1. The molecule has 4 heteroatoms. The number of hydrogen-bond donors (Lipinski definition) is 2. The molecule has 0 aliphatic carbocycles. The molecule has 1 aromatic heterocycles. The van der Waals surface area contributed by atoms with Gasteiger partial charge in [-0.25, -0.2) is 4.98 Å². The number of nitrogen functional groups attached to an aromatic ring is 1. The van der Waals surface area contributed by atoms with Crippen molar-refractivity contribution in [3.8, 4) is 0 Å². The highest BCUT2D eigenvalue weighted by Gasteiger charge is 2.11. The van der Waals surface area contributed by atoms with Crippen molar-refractivity contribution in [3.05, 3.63) is 24.0 Å². The van der Waals surface area contributed by atoms with Crippen molar-refractivity contribution in [1.82, 2.24) is 10.3 Å². The normalized spacial score (nSPS) is 12.5. The van der Waals surface area contributed by atoms with Crippen LogP contribution in [0.15, 0.2) is 18.3 Å². The first-order chi connectivity index (χ1) is 7.49. The van der Waals surface area contributed by atoms with Crippen LogP contribution < -0.4 is 11.1 Å². The molecule has 0 saturated carbocycles. The first kappa shape index (κ1) is 12.5. The third-order valence-electron chi connectivity index (χ3n) is 2.22. The summed E-state index contributed by atoms with van der Waals surface area (Å²) in [5.41, 5.74) is 6.47. The van der Waals surface area contributed by atoms with Crippen LogP contribution in [0.3, 0.4) is 0 Å². The summed E-state index contributed by atoms with van der Waals surface area (Å²) in [6.07, 6.45) is 2.45. The Labute approximate surface area is 96.3 Å². The van der Waals surface area contributed by atoms with Gasteiger partial charge in [0.25, 0.3) is 5.91 Å². The molecular weight excluding hydrogens is 202 g/mol. The van der Waals surface area contributed by atoms with E-state index in [9.17, 15) is 4.79 Å². The smallest absolute Gasteiger partial charge is 0.270 e. The molecule has 16 heavy (non-hydrogen) atoms. The van der Waals surface area contributed by atoms with Crippen molar-refractivity contribution in [2.24, 2.45) is 5.92 Å². The van der Waals surface area contributed by atoms with E-state index in [0.717, 1.165) is 6.42 Å².